The molecule has 2 atom stereocenters. The summed E-state index contributed by atoms with van der Waals surface area (Å²) in [6.45, 7) is 6.85. The fraction of sp³-hybridized carbons (Fsp3) is 0.562. The molecule has 2 heterocycles. The predicted octanol–water partition coefficient (Wildman–Crippen LogP) is 0.902. The highest BCUT2D eigenvalue weighted by molar-refractivity contribution is 5.78. The molecule has 0 spiro atoms. The number of hydrogen-bond acceptors (Lipinski definition) is 3. The molecule has 21 heavy (non-hydrogen) atoms. The molecular weight excluding hydrogens is 269 g/mol. The molecule has 2 fully saturated rings. The maximum absolute atomic E-state index is 13.2. The van der Waals surface area contributed by atoms with Crippen molar-refractivity contribution >= 4 is 5.91 Å². The third-order valence-corrected chi connectivity index (χ3v) is 4.54. The van der Waals surface area contributed by atoms with Crippen LogP contribution in [-0.4, -0.2) is 43.5 Å². The average molecular weight is 291 g/mol. The molecule has 1 aromatic carbocycles. The molecule has 0 aromatic heterocycles. The number of aryl methyl sites for hydroxylation is 1. The zero-order valence-electron chi connectivity index (χ0n) is 12.4. The summed E-state index contributed by atoms with van der Waals surface area (Å²) in [5.74, 6) is 1.25. The van der Waals surface area contributed by atoms with Gasteiger partial charge in [0.05, 0.1) is 6.54 Å². The molecule has 3 rings (SSSR count). The van der Waals surface area contributed by atoms with Gasteiger partial charge in [-0.2, -0.15) is 0 Å². The number of likely N-dealkylation sites (tertiary alicyclic amines) is 1. The topological polar surface area (TPSA) is 44.4 Å². The van der Waals surface area contributed by atoms with Gasteiger partial charge in [-0.15, -0.1) is 0 Å². The number of halogens is 1. The maximum Gasteiger partial charge on any atom is 0.234 e. The number of rotatable bonds is 4. The minimum atomic E-state index is -0.206. The Bertz CT molecular complexity index is 522. The van der Waals surface area contributed by atoms with Gasteiger partial charge in [0.1, 0.15) is 5.82 Å². The fourth-order valence-corrected chi connectivity index (χ4v) is 3.36. The van der Waals surface area contributed by atoms with Crippen molar-refractivity contribution in [1.29, 1.82) is 0 Å². The minimum absolute atomic E-state index is 0.0462. The predicted molar refractivity (Wildman–Crippen MR) is 79.3 cm³/mol. The molecule has 2 unspecified atom stereocenters. The normalized spacial score (nSPS) is 25.0. The Morgan fingerprint density at radius 1 is 1.38 bits per heavy atom. The second-order valence-corrected chi connectivity index (χ2v) is 6.23. The Morgan fingerprint density at radius 2 is 2.10 bits per heavy atom. The van der Waals surface area contributed by atoms with Gasteiger partial charge in [0.15, 0.2) is 0 Å². The monoisotopic (exact) mass is 291 g/mol. The number of hydrogen-bond donors (Lipinski definition) is 2. The summed E-state index contributed by atoms with van der Waals surface area (Å²) in [6.07, 6.45) is 0. The summed E-state index contributed by atoms with van der Waals surface area (Å²) in [5, 5.41) is 6.32. The molecule has 114 valence electrons. The second-order valence-electron chi connectivity index (χ2n) is 6.23. The number of benzene rings is 1. The molecule has 4 nitrogen and oxygen atoms in total. The van der Waals surface area contributed by atoms with Gasteiger partial charge in [0.25, 0.3) is 0 Å². The van der Waals surface area contributed by atoms with Gasteiger partial charge in [-0.05, 0) is 49.0 Å². The number of carbonyl (C=O) groups excluding carboxylic acids is 1. The third kappa shape index (κ3) is 3.41. The molecule has 0 saturated carbocycles. The van der Waals surface area contributed by atoms with E-state index >= 15 is 0 Å². The van der Waals surface area contributed by atoms with Crippen LogP contribution < -0.4 is 10.6 Å². The number of carbonyl (C=O) groups is 1. The van der Waals surface area contributed by atoms with Crippen LogP contribution in [0.3, 0.4) is 0 Å². The number of amides is 1. The molecule has 0 bridgehead atoms. The summed E-state index contributed by atoms with van der Waals surface area (Å²) in [6, 6.07) is 4.95. The number of fused-ring (bicyclic) bond motifs is 1. The first-order chi connectivity index (χ1) is 10.1. The van der Waals surface area contributed by atoms with Gasteiger partial charge < -0.3 is 10.6 Å². The number of nitrogens with one attached hydrogen (secondary N) is 2. The zero-order chi connectivity index (χ0) is 14.8. The lowest BCUT2D eigenvalue weighted by atomic mass is 10.0. The fourth-order valence-electron chi connectivity index (χ4n) is 3.36. The van der Waals surface area contributed by atoms with E-state index in [4.69, 9.17) is 0 Å². The van der Waals surface area contributed by atoms with Crippen LogP contribution in [0.1, 0.15) is 11.1 Å². The lowest BCUT2D eigenvalue weighted by Gasteiger charge is -2.16. The molecule has 1 aromatic rings. The molecular formula is C16H22FN3O. The van der Waals surface area contributed by atoms with E-state index in [9.17, 15) is 9.18 Å². The summed E-state index contributed by atoms with van der Waals surface area (Å²) in [7, 11) is 0. The van der Waals surface area contributed by atoms with Gasteiger partial charge in [-0.25, -0.2) is 4.39 Å². The van der Waals surface area contributed by atoms with E-state index < -0.39 is 0 Å². The molecule has 5 heteroatoms. The van der Waals surface area contributed by atoms with Crippen molar-refractivity contribution in [2.75, 3.05) is 32.7 Å². The van der Waals surface area contributed by atoms with Crippen molar-refractivity contribution in [3.63, 3.8) is 0 Å². The summed E-state index contributed by atoms with van der Waals surface area (Å²) in [5.41, 5.74) is 1.55. The Hall–Kier alpha value is -1.46. The molecule has 2 saturated heterocycles. The van der Waals surface area contributed by atoms with Crippen LogP contribution in [0.15, 0.2) is 18.2 Å². The van der Waals surface area contributed by atoms with E-state index in [-0.39, 0.29) is 11.7 Å². The van der Waals surface area contributed by atoms with Crippen molar-refractivity contribution < 1.29 is 9.18 Å². The zero-order valence-corrected chi connectivity index (χ0v) is 12.4. The number of nitrogens with zero attached hydrogens (tertiary/aromatic N) is 1. The van der Waals surface area contributed by atoms with Gasteiger partial charge in [0.2, 0.25) is 5.91 Å². The van der Waals surface area contributed by atoms with Crippen molar-refractivity contribution in [3.05, 3.63) is 35.1 Å². The van der Waals surface area contributed by atoms with Crippen LogP contribution in [0, 0.1) is 24.6 Å². The molecule has 2 aliphatic rings. The van der Waals surface area contributed by atoms with Crippen LogP contribution in [0.5, 0.6) is 0 Å². The molecule has 1 amide bonds. The van der Waals surface area contributed by atoms with E-state index in [0.717, 1.165) is 31.7 Å². The SMILES string of the molecule is Cc1cc(CNC(=O)CN2CC3CNCC3C2)ccc1F. The van der Waals surface area contributed by atoms with Crippen molar-refractivity contribution in [2.24, 2.45) is 11.8 Å². The molecule has 0 aliphatic carbocycles. The van der Waals surface area contributed by atoms with Gasteiger partial charge >= 0.3 is 0 Å². The Morgan fingerprint density at radius 3 is 2.76 bits per heavy atom. The Balaban J connectivity index is 1.45. The van der Waals surface area contributed by atoms with E-state index in [1.807, 2.05) is 0 Å². The largest absolute Gasteiger partial charge is 0.351 e. The minimum Gasteiger partial charge on any atom is -0.351 e. The lowest BCUT2D eigenvalue weighted by molar-refractivity contribution is -0.122. The summed E-state index contributed by atoms with van der Waals surface area (Å²) < 4.78 is 13.2. The van der Waals surface area contributed by atoms with Gasteiger partial charge in [-0.3, -0.25) is 9.69 Å². The van der Waals surface area contributed by atoms with Crippen molar-refractivity contribution in [3.8, 4) is 0 Å². The standard InChI is InChI=1S/C16H22FN3O/c1-11-4-12(2-3-15(11)17)5-19-16(21)10-20-8-13-6-18-7-14(13)9-20/h2-4,13-14,18H,5-10H2,1H3,(H,19,21). The molecule has 2 aliphatic heterocycles. The first-order valence-electron chi connectivity index (χ1n) is 7.56. The van der Waals surface area contributed by atoms with Gasteiger partial charge in [0, 0.05) is 19.6 Å². The first kappa shape index (κ1) is 14.5. The van der Waals surface area contributed by atoms with E-state index in [1.54, 1.807) is 19.1 Å². The highest BCUT2D eigenvalue weighted by Crippen LogP contribution is 2.25. The maximum atomic E-state index is 13.2. The van der Waals surface area contributed by atoms with Crippen LogP contribution in [0.25, 0.3) is 0 Å². The van der Waals surface area contributed by atoms with Crippen molar-refractivity contribution in [1.82, 2.24) is 15.5 Å². The molecule has 0 radical (unpaired) electrons. The first-order valence-corrected chi connectivity index (χ1v) is 7.56. The average Bonchev–Trinajstić information content (AvgIpc) is 3.01. The Kier molecular flexibility index (Phi) is 4.22. The smallest absolute Gasteiger partial charge is 0.234 e. The van der Waals surface area contributed by atoms with Gasteiger partial charge in [-0.1, -0.05) is 12.1 Å². The third-order valence-electron chi connectivity index (χ3n) is 4.54. The Labute approximate surface area is 124 Å². The summed E-state index contributed by atoms with van der Waals surface area (Å²) in [4.78, 5) is 14.2. The lowest BCUT2D eigenvalue weighted by Crippen LogP contribution is -2.37. The van der Waals surface area contributed by atoms with Crippen LogP contribution in [-0.2, 0) is 11.3 Å². The van der Waals surface area contributed by atoms with Crippen LogP contribution in [0.2, 0.25) is 0 Å². The second kappa shape index (κ2) is 6.12. The quantitative estimate of drug-likeness (QED) is 0.866. The highest BCUT2D eigenvalue weighted by Gasteiger charge is 2.36. The van der Waals surface area contributed by atoms with E-state index in [1.165, 1.54) is 6.07 Å². The van der Waals surface area contributed by atoms with E-state index in [2.05, 4.69) is 15.5 Å². The highest BCUT2D eigenvalue weighted by atomic mass is 19.1. The molecule has 2 N–H and O–H groups in total. The van der Waals surface area contributed by atoms with Crippen LogP contribution in [0.4, 0.5) is 4.39 Å². The summed E-state index contributed by atoms with van der Waals surface area (Å²) >= 11 is 0. The van der Waals surface area contributed by atoms with Crippen molar-refractivity contribution in [2.45, 2.75) is 13.5 Å². The van der Waals surface area contributed by atoms with Crippen LogP contribution >= 0.6 is 0 Å². The van der Waals surface area contributed by atoms with E-state index in [0.29, 0.717) is 30.5 Å².